The molecule has 1 aliphatic rings. The smallest absolute Gasteiger partial charge is 0.0834 e. The first-order valence-electron chi connectivity index (χ1n) is 7.35. The quantitative estimate of drug-likeness (QED) is 0.907. The van der Waals surface area contributed by atoms with E-state index >= 15 is 0 Å². The van der Waals surface area contributed by atoms with E-state index in [-0.39, 0.29) is 0 Å². The summed E-state index contributed by atoms with van der Waals surface area (Å²) in [6.45, 7) is 7.88. The Kier molecular flexibility index (Phi) is 4.57. The van der Waals surface area contributed by atoms with Gasteiger partial charge in [0.05, 0.1) is 23.0 Å². The van der Waals surface area contributed by atoms with Crippen molar-refractivity contribution in [3.63, 3.8) is 0 Å². The lowest BCUT2D eigenvalue weighted by Crippen LogP contribution is -2.34. The molecule has 3 nitrogen and oxygen atoms in total. The standard InChI is InChI=1S/C15H26ClN3/c1-5-17-13(14-12(16)10-18-19(14)4)11-6-8-15(2,3)9-7-11/h10-11,13,17H,5-9H2,1-4H3. The summed E-state index contributed by atoms with van der Waals surface area (Å²) < 4.78 is 1.93. The summed E-state index contributed by atoms with van der Waals surface area (Å²) in [5, 5.41) is 8.70. The predicted octanol–water partition coefficient (Wildman–Crippen LogP) is 3.94. The van der Waals surface area contributed by atoms with E-state index in [2.05, 4.69) is 31.2 Å². The van der Waals surface area contributed by atoms with E-state index in [0.29, 0.717) is 17.4 Å². The number of hydrogen-bond donors (Lipinski definition) is 1. The van der Waals surface area contributed by atoms with Gasteiger partial charge in [-0.05, 0) is 43.6 Å². The number of halogens is 1. The number of aromatic nitrogens is 2. The Labute approximate surface area is 121 Å². The number of nitrogens with one attached hydrogen (secondary N) is 1. The number of hydrogen-bond acceptors (Lipinski definition) is 2. The Hall–Kier alpha value is -0.540. The summed E-state index contributed by atoms with van der Waals surface area (Å²) >= 11 is 6.33. The van der Waals surface area contributed by atoms with Crippen molar-refractivity contribution in [3.8, 4) is 0 Å². The van der Waals surface area contributed by atoms with Crippen LogP contribution in [0.15, 0.2) is 6.20 Å². The van der Waals surface area contributed by atoms with Crippen molar-refractivity contribution in [1.29, 1.82) is 0 Å². The van der Waals surface area contributed by atoms with Crippen molar-refractivity contribution < 1.29 is 0 Å². The fourth-order valence-electron chi connectivity index (χ4n) is 3.23. The minimum atomic E-state index is 0.334. The zero-order chi connectivity index (χ0) is 14.0. The SMILES string of the molecule is CCNC(c1c(Cl)cnn1C)C1CCC(C)(C)CC1. The average molecular weight is 284 g/mol. The van der Waals surface area contributed by atoms with E-state index in [1.54, 1.807) is 6.20 Å². The van der Waals surface area contributed by atoms with Gasteiger partial charge in [-0.3, -0.25) is 4.68 Å². The fraction of sp³-hybridized carbons (Fsp3) is 0.800. The van der Waals surface area contributed by atoms with Crippen LogP contribution in [0.5, 0.6) is 0 Å². The van der Waals surface area contributed by atoms with Crippen LogP contribution < -0.4 is 5.32 Å². The molecule has 1 fully saturated rings. The molecule has 0 spiro atoms. The Morgan fingerprint density at radius 2 is 2.11 bits per heavy atom. The second-order valence-electron chi connectivity index (χ2n) is 6.54. The summed E-state index contributed by atoms with van der Waals surface area (Å²) in [7, 11) is 1.98. The molecule has 1 aromatic heterocycles. The molecule has 0 aromatic carbocycles. The molecule has 0 saturated heterocycles. The third-order valence-corrected chi connectivity index (χ3v) is 4.80. The van der Waals surface area contributed by atoms with Gasteiger partial charge in [0.1, 0.15) is 0 Å². The maximum absolute atomic E-state index is 6.33. The molecule has 0 amide bonds. The first-order chi connectivity index (χ1) is 8.94. The second kappa shape index (κ2) is 5.84. The highest BCUT2D eigenvalue weighted by atomic mass is 35.5. The lowest BCUT2D eigenvalue weighted by atomic mass is 9.70. The van der Waals surface area contributed by atoms with Crippen LogP contribution in [0.4, 0.5) is 0 Å². The van der Waals surface area contributed by atoms with Crippen molar-refractivity contribution in [2.45, 2.75) is 52.5 Å². The third-order valence-electron chi connectivity index (χ3n) is 4.51. The molecule has 2 rings (SSSR count). The molecule has 4 heteroatoms. The average Bonchev–Trinajstić information content (AvgIpc) is 2.67. The fourth-order valence-corrected chi connectivity index (χ4v) is 3.51. The molecule has 0 radical (unpaired) electrons. The molecule has 1 N–H and O–H groups in total. The maximum Gasteiger partial charge on any atom is 0.0834 e. The molecule has 19 heavy (non-hydrogen) atoms. The van der Waals surface area contributed by atoms with Gasteiger partial charge in [0.2, 0.25) is 0 Å². The van der Waals surface area contributed by atoms with Gasteiger partial charge in [-0.1, -0.05) is 32.4 Å². The van der Waals surface area contributed by atoms with Crippen molar-refractivity contribution >= 4 is 11.6 Å². The molecule has 0 bridgehead atoms. The van der Waals surface area contributed by atoms with E-state index in [0.717, 1.165) is 17.3 Å². The normalized spacial score (nSPS) is 21.5. The van der Waals surface area contributed by atoms with E-state index in [1.807, 2.05) is 11.7 Å². The van der Waals surface area contributed by atoms with Crippen LogP contribution in [0.1, 0.15) is 58.2 Å². The van der Waals surface area contributed by atoms with Gasteiger partial charge in [0, 0.05) is 7.05 Å². The number of rotatable bonds is 4. The Balaban J connectivity index is 2.17. The van der Waals surface area contributed by atoms with Crippen LogP contribution in [0, 0.1) is 11.3 Å². The monoisotopic (exact) mass is 283 g/mol. The second-order valence-corrected chi connectivity index (χ2v) is 6.95. The minimum absolute atomic E-state index is 0.334. The van der Waals surface area contributed by atoms with Gasteiger partial charge in [0.15, 0.2) is 0 Å². The van der Waals surface area contributed by atoms with Crippen LogP contribution in [0.25, 0.3) is 0 Å². The van der Waals surface area contributed by atoms with Gasteiger partial charge < -0.3 is 5.32 Å². The summed E-state index contributed by atoms with van der Waals surface area (Å²) in [5.41, 5.74) is 1.65. The largest absolute Gasteiger partial charge is 0.309 e. The van der Waals surface area contributed by atoms with Gasteiger partial charge in [0.25, 0.3) is 0 Å². The first-order valence-corrected chi connectivity index (χ1v) is 7.73. The van der Waals surface area contributed by atoms with Gasteiger partial charge in [-0.25, -0.2) is 0 Å². The predicted molar refractivity (Wildman–Crippen MR) is 80.4 cm³/mol. The van der Waals surface area contributed by atoms with E-state index in [9.17, 15) is 0 Å². The topological polar surface area (TPSA) is 29.9 Å². The van der Waals surface area contributed by atoms with Gasteiger partial charge in [-0.2, -0.15) is 5.10 Å². The summed E-state index contributed by atoms with van der Waals surface area (Å²) in [4.78, 5) is 0. The minimum Gasteiger partial charge on any atom is -0.309 e. The highest BCUT2D eigenvalue weighted by Gasteiger charge is 2.33. The number of nitrogens with zero attached hydrogens (tertiary/aromatic N) is 2. The molecule has 108 valence electrons. The molecule has 1 heterocycles. The third kappa shape index (κ3) is 3.32. The molecule has 1 aromatic rings. The Bertz CT molecular complexity index is 396. The van der Waals surface area contributed by atoms with Crippen molar-refractivity contribution in [2.75, 3.05) is 6.54 Å². The Morgan fingerprint density at radius 1 is 1.47 bits per heavy atom. The molecule has 1 aliphatic carbocycles. The van der Waals surface area contributed by atoms with Crippen molar-refractivity contribution in [3.05, 3.63) is 16.9 Å². The van der Waals surface area contributed by atoms with Crippen LogP contribution in [-0.2, 0) is 7.05 Å². The van der Waals surface area contributed by atoms with E-state index in [1.165, 1.54) is 25.7 Å². The summed E-state index contributed by atoms with van der Waals surface area (Å²) in [6, 6.07) is 0.334. The van der Waals surface area contributed by atoms with Crippen LogP contribution in [-0.4, -0.2) is 16.3 Å². The summed E-state index contributed by atoms with van der Waals surface area (Å²) in [6.07, 6.45) is 6.90. The van der Waals surface area contributed by atoms with Crippen molar-refractivity contribution in [2.24, 2.45) is 18.4 Å². The first kappa shape index (κ1) is 14.9. The van der Waals surface area contributed by atoms with Gasteiger partial charge in [-0.15, -0.1) is 0 Å². The molecule has 1 unspecified atom stereocenters. The lowest BCUT2D eigenvalue weighted by molar-refractivity contribution is 0.159. The molecule has 1 atom stereocenters. The molecule has 0 aliphatic heterocycles. The zero-order valence-corrected chi connectivity index (χ0v) is 13.3. The van der Waals surface area contributed by atoms with Crippen molar-refractivity contribution in [1.82, 2.24) is 15.1 Å². The summed E-state index contributed by atoms with van der Waals surface area (Å²) in [5.74, 6) is 0.667. The number of aryl methyl sites for hydroxylation is 1. The highest BCUT2D eigenvalue weighted by molar-refractivity contribution is 6.31. The molecular formula is C15H26ClN3. The van der Waals surface area contributed by atoms with Crippen LogP contribution in [0.2, 0.25) is 5.02 Å². The van der Waals surface area contributed by atoms with E-state index in [4.69, 9.17) is 11.6 Å². The zero-order valence-electron chi connectivity index (χ0n) is 12.5. The van der Waals surface area contributed by atoms with Gasteiger partial charge >= 0.3 is 0 Å². The molecule has 1 saturated carbocycles. The van der Waals surface area contributed by atoms with Crippen LogP contribution >= 0.6 is 11.6 Å². The van der Waals surface area contributed by atoms with E-state index < -0.39 is 0 Å². The lowest BCUT2D eigenvalue weighted by Gasteiger charge is -2.38. The Morgan fingerprint density at radius 3 is 2.58 bits per heavy atom. The highest BCUT2D eigenvalue weighted by Crippen LogP contribution is 2.43. The van der Waals surface area contributed by atoms with Crippen LogP contribution in [0.3, 0.4) is 0 Å². The molecular weight excluding hydrogens is 258 g/mol. The maximum atomic E-state index is 6.33.